The molecule has 1 unspecified atom stereocenters. The van der Waals surface area contributed by atoms with Crippen LogP contribution in [-0.4, -0.2) is 76.6 Å². The van der Waals surface area contributed by atoms with Gasteiger partial charge in [0.05, 0.1) is 17.8 Å². The number of piperazine rings is 1. The van der Waals surface area contributed by atoms with Crippen molar-refractivity contribution in [3.8, 4) is 0 Å². The lowest BCUT2D eigenvalue weighted by molar-refractivity contribution is -0.526. The van der Waals surface area contributed by atoms with Crippen molar-refractivity contribution in [1.29, 1.82) is 0 Å². The molecule has 2 aromatic rings. The van der Waals surface area contributed by atoms with E-state index < -0.39 is 24.3 Å². The molecule has 7 nitrogen and oxygen atoms in total. The maximum atomic E-state index is 15.0. The Kier molecular flexibility index (Phi) is 8.36. The van der Waals surface area contributed by atoms with Crippen LogP contribution in [0, 0.1) is 11.7 Å². The average Bonchev–Trinajstić information content (AvgIpc) is 3.26. The van der Waals surface area contributed by atoms with E-state index in [0.717, 1.165) is 12.8 Å². The number of halogens is 3. The van der Waals surface area contributed by atoms with Crippen molar-refractivity contribution >= 4 is 23.2 Å². The van der Waals surface area contributed by atoms with Gasteiger partial charge in [-0.15, -0.1) is 0 Å². The average molecular weight is 519 g/mol. The maximum Gasteiger partial charge on any atom is 0.358 e. The lowest BCUT2D eigenvalue weighted by atomic mass is 10.0. The van der Waals surface area contributed by atoms with Crippen LogP contribution in [0.3, 0.4) is 0 Å². The number of hydrogen-bond donors (Lipinski definition) is 2. The smallest absolute Gasteiger partial charge is 0.358 e. The fourth-order valence-corrected chi connectivity index (χ4v) is 5.09. The quantitative estimate of drug-likeness (QED) is 0.399. The number of carbonyl (C=O) groups is 1. The van der Waals surface area contributed by atoms with Crippen molar-refractivity contribution in [2.24, 2.45) is 5.92 Å². The van der Waals surface area contributed by atoms with Crippen LogP contribution in [0.1, 0.15) is 44.8 Å². The van der Waals surface area contributed by atoms with Gasteiger partial charge in [-0.2, -0.15) is 13.4 Å². The molecule has 4 rings (SSSR count). The Bertz CT molecular complexity index is 1120. The van der Waals surface area contributed by atoms with E-state index in [1.54, 1.807) is 36.5 Å². The minimum absolute atomic E-state index is 0.0769. The van der Waals surface area contributed by atoms with Crippen molar-refractivity contribution in [1.82, 2.24) is 9.88 Å². The summed E-state index contributed by atoms with van der Waals surface area (Å²) in [5.41, 5.74) is 1.43. The number of anilines is 2. The molecule has 3 heterocycles. The topological polar surface area (TPSA) is 71.7 Å². The third kappa shape index (κ3) is 6.23. The molecule has 1 aromatic carbocycles. The molecule has 10 heteroatoms. The summed E-state index contributed by atoms with van der Waals surface area (Å²) < 4.78 is 44.1. The normalized spacial score (nSPS) is 20.2. The minimum atomic E-state index is -2.83. The van der Waals surface area contributed by atoms with Crippen LogP contribution in [0.25, 0.3) is 0 Å². The summed E-state index contributed by atoms with van der Waals surface area (Å²) in [6.07, 6.45) is 2.76. The highest BCUT2D eigenvalue weighted by Crippen LogP contribution is 2.30. The standard InChI is InChI=1S/C27H34F3N5O2/c1-3-19(4-2)25(36)32-20-8-9-23(21(28)17-20)33-13-15-34(16-14-33)24(22-7-5-6-11-31-22)26(37)35-12-10-27(29,30)18-35/h5-9,11,17,19,24H,3-4,10,12-16,18H2,1-2H3,(H,32,36)/p+1. The van der Waals surface area contributed by atoms with Gasteiger partial charge in [0, 0.05) is 44.0 Å². The fourth-order valence-electron chi connectivity index (χ4n) is 5.09. The van der Waals surface area contributed by atoms with Gasteiger partial charge in [0.25, 0.3) is 0 Å². The van der Waals surface area contributed by atoms with Crippen LogP contribution in [0.2, 0.25) is 0 Å². The second-order valence-corrected chi connectivity index (χ2v) is 9.73. The zero-order chi connectivity index (χ0) is 26.6. The summed E-state index contributed by atoms with van der Waals surface area (Å²) in [5, 5.41) is 13.9. The molecule has 2 aliphatic heterocycles. The number of benzene rings is 1. The number of aliphatic hydroxyl groups is 1. The van der Waals surface area contributed by atoms with Crippen LogP contribution in [-0.2, 0) is 4.79 Å². The molecule has 0 spiro atoms. The molecule has 2 aliphatic rings. The van der Waals surface area contributed by atoms with E-state index in [4.69, 9.17) is 0 Å². The Morgan fingerprint density at radius 2 is 1.89 bits per heavy atom. The summed E-state index contributed by atoms with van der Waals surface area (Å²) in [4.78, 5) is 20.6. The third-order valence-electron chi connectivity index (χ3n) is 7.30. The summed E-state index contributed by atoms with van der Waals surface area (Å²) in [6, 6.07) is 9.39. The van der Waals surface area contributed by atoms with E-state index in [2.05, 4.69) is 10.3 Å². The van der Waals surface area contributed by atoms with Crippen LogP contribution in [0.4, 0.5) is 24.5 Å². The minimum Gasteiger partial charge on any atom is -0.462 e. The Hall–Kier alpha value is -3.14. The van der Waals surface area contributed by atoms with Crippen LogP contribution < -0.4 is 10.2 Å². The molecular weight excluding hydrogens is 483 g/mol. The van der Waals surface area contributed by atoms with E-state index in [-0.39, 0.29) is 30.7 Å². The van der Waals surface area contributed by atoms with Crippen molar-refractivity contribution in [3.05, 3.63) is 54.1 Å². The number of rotatable bonds is 8. The number of aromatic nitrogens is 1. The highest BCUT2D eigenvalue weighted by Gasteiger charge is 2.46. The van der Waals surface area contributed by atoms with E-state index in [1.807, 2.05) is 23.6 Å². The van der Waals surface area contributed by atoms with Gasteiger partial charge in [0.1, 0.15) is 5.82 Å². The van der Waals surface area contributed by atoms with Crippen LogP contribution >= 0.6 is 0 Å². The Morgan fingerprint density at radius 1 is 1.16 bits per heavy atom. The third-order valence-corrected chi connectivity index (χ3v) is 7.30. The Morgan fingerprint density at radius 3 is 2.46 bits per heavy atom. The van der Waals surface area contributed by atoms with Crippen LogP contribution in [0.15, 0.2) is 42.6 Å². The second kappa shape index (κ2) is 11.5. The van der Waals surface area contributed by atoms with Gasteiger partial charge in [-0.05, 0) is 43.2 Å². The predicted octanol–water partition coefficient (Wildman–Crippen LogP) is 4.47. The first-order valence-corrected chi connectivity index (χ1v) is 12.9. The number of amides is 1. The van der Waals surface area contributed by atoms with Crippen LogP contribution in [0.5, 0.6) is 0 Å². The highest BCUT2D eigenvalue weighted by molar-refractivity contribution is 5.92. The predicted molar refractivity (Wildman–Crippen MR) is 137 cm³/mol. The number of pyridine rings is 1. The van der Waals surface area contributed by atoms with Gasteiger partial charge in [0.2, 0.25) is 12.5 Å². The molecule has 2 N–H and O–H groups in total. The fraction of sp³-hybridized carbons (Fsp3) is 0.519. The van der Waals surface area contributed by atoms with Gasteiger partial charge < -0.3 is 15.3 Å². The van der Waals surface area contributed by atoms with E-state index >= 15 is 4.39 Å². The molecule has 200 valence electrons. The van der Waals surface area contributed by atoms with E-state index in [9.17, 15) is 18.7 Å². The number of nitrogens with zero attached hydrogens (tertiary/aromatic N) is 4. The summed E-state index contributed by atoms with van der Waals surface area (Å²) >= 11 is 0. The van der Waals surface area contributed by atoms with Gasteiger partial charge in [-0.1, -0.05) is 19.9 Å². The molecule has 1 amide bonds. The second-order valence-electron chi connectivity index (χ2n) is 9.73. The lowest BCUT2D eigenvalue weighted by Crippen LogP contribution is -2.50. The Labute approximate surface area is 215 Å². The van der Waals surface area contributed by atoms with E-state index in [1.165, 1.54) is 10.6 Å². The van der Waals surface area contributed by atoms with Gasteiger partial charge in [-0.3, -0.25) is 14.7 Å². The largest absolute Gasteiger partial charge is 0.462 e. The van der Waals surface area contributed by atoms with Crippen molar-refractivity contribution in [2.75, 3.05) is 49.5 Å². The molecule has 1 atom stereocenters. The number of nitrogens with one attached hydrogen (secondary N) is 1. The zero-order valence-electron chi connectivity index (χ0n) is 21.3. The summed E-state index contributed by atoms with van der Waals surface area (Å²) in [5.74, 6) is -3.61. The molecule has 0 radical (unpaired) electrons. The number of aliphatic hydroxyl groups excluding tert-OH is 1. The van der Waals surface area contributed by atoms with Crippen molar-refractivity contribution < 1.29 is 27.6 Å². The first-order chi connectivity index (χ1) is 17.7. The highest BCUT2D eigenvalue weighted by atomic mass is 19.3. The SMILES string of the molecule is CCC(CC)C(=O)Nc1ccc(N2CCN(C(C(O)=[N+]3CCC(F)(F)C3)c3ccccn3)CC2)c(F)c1. The number of hydrogen-bond acceptors (Lipinski definition) is 4. The summed E-state index contributed by atoms with van der Waals surface area (Å²) in [7, 11) is 0. The first-order valence-electron chi connectivity index (χ1n) is 12.9. The lowest BCUT2D eigenvalue weighted by Gasteiger charge is -2.38. The van der Waals surface area contributed by atoms with E-state index in [0.29, 0.717) is 43.2 Å². The molecule has 37 heavy (non-hydrogen) atoms. The first kappa shape index (κ1) is 26.9. The maximum absolute atomic E-state index is 15.0. The molecule has 2 fully saturated rings. The molecule has 2 saturated heterocycles. The Balaban J connectivity index is 1.47. The number of carbonyl (C=O) groups excluding carboxylic acids is 1. The van der Waals surface area contributed by atoms with Crippen molar-refractivity contribution in [3.63, 3.8) is 0 Å². The zero-order valence-corrected chi connectivity index (χ0v) is 21.3. The monoisotopic (exact) mass is 518 g/mol. The van der Waals surface area contributed by atoms with Crippen molar-refractivity contribution in [2.45, 2.75) is 45.1 Å². The molecule has 0 bridgehead atoms. The number of alkyl halides is 2. The van der Waals surface area contributed by atoms with Gasteiger partial charge in [0.15, 0.2) is 12.6 Å². The molecule has 0 saturated carbocycles. The summed E-state index contributed by atoms with van der Waals surface area (Å²) in [6.45, 7) is 5.36. The molecule has 0 aliphatic carbocycles. The van der Waals surface area contributed by atoms with Gasteiger partial charge >= 0.3 is 11.8 Å². The molecule has 1 aromatic heterocycles. The van der Waals surface area contributed by atoms with Gasteiger partial charge in [-0.25, -0.2) is 4.39 Å². The molecular formula is C27H35F3N5O2+.